The van der Waals surface area contributed by atoms with Crippen LogP contribution in [0.1, 0.15) is 44.5 Å². The lowest BCUT2D eigenvalue weighted by atomic mass is 9.67. The molecule has 2 aliphatic carbocycles. The Morgan fingerprint density at radius 3 is 0.850 bits per heavy atom. The second-order valence-electron chi connectivity index (χ2n) is 26.5. The van der Waals surface area contributed by atoms with Crippen molar-refractivity contribution >= 4 is 88.8 Å². The van der Waals surface area contributed by atoms with Gasteiger partial charge in [-0.25, -0.2) is 0 Å². The predicted octanol–water partition coefficient (Wildman–Crippen LogP) is 25.6. The van der Waals surface area contributed by atoms with Crippen LogP contribution in [0.5, 0.6) is 0 Å². The molecule has 0 fully saturated rings. The molecule has 18 aromatic rings. The van der Waals surface area contributed by atoms with Crippen LogP contribution in [-0.2, 0) is 10.8 Å². The number of benzene rings is 16. The van der Waals surface area contributed by atoms with Gasteiger partial charge < -0.3 is 18.6 Å². The van der Waals surface area contributed by atoms with Crippen molar-refractivity contribution in [2.24, 2.45) is 0 Å². The van der Waals surface area contributed by atoms with E-state index in [4.69, 9.17) is 8.83 Å². The summed E-state index contributed by atoms with van der Waals surface area (Å²) in [6, 6.07) is 137. The smallest absolute Gasteiger partial charge is 0.144 e. The quantitative estimate of drug-likeness (QED) is 0.122. The standard InChI is InChI=1S/C96H62N2O2/c1-7-29-63(30-8-1)81-61-83-84(93-91(81)79-55-53-73(59-89(79)99-93)97(69-39-15-5-16-40-69)71-43-27-37-67(57-71)95(65-33-11-3-12-34-65)85-49-23-19-45-75(85)76-46-20-24-50-86(76)95)62-82(64-31-9-2-10-32-64)92-80-56-54-74(60-90(80)100-94(83)92)98(70-41-17-6-18-42-70)72-44-28-38-68(58-72)96(66-35-13-4-14-36-66)87-51-25-21-47-77(87)78-48-22-26-52-88(78)96/h1-62H. The van der Waals surface area contributed by atoms with E-state index < -0.39 is 10.8 Å². The Hall–Kier alpha value is -13.0. The summed E-state index contributed by atoms with van der Waals surface area (Å²) in [5.41, 5.74) is 27.4. The van der Waals surface area contributed by atoms with Gasteiger partial charge >= 0.3 is 0 Å². The highest BCUT2D eigenvalue weighted by Crippen LogP contribution is 2.59. The second-order valence-corrected chi connectivity index (χ2v) is 26.5. The first-order valence-corrected chi connectivity index (χ1v) is 34.5. The summed E-state index contributed by atoms with van der Waals surface area (Å²) in [5.74, 6) is 0. The van der Waals surface area contributed by atoms with Crippen LogP contribution in [0.3, 0.4) is 0 Å². The molecule has 0 bridgehead atoms. The van der Waals surface area contributed by atoms with Crippen molar-refractivity contribution in [3.05, 3.63) is 421 Å². The molecule has 0 aliphatic heterocycles. The zero-order chi connectivity index (χ0) is 65.9. The number of hydrogen-bond donors (Lipinski definition) is 0. The Kier molecular flexibility index (Phi) is 13.1. The Bertz CT molecular complexity index is 5750. The van der Waals surface area contributed by atoms with E-state index in [2.05, 4.69) is 386 Å². The van der Waals surface area contributed by atoms with Gasteiger partial charge in [-0.2, -0.15) is 0 Å². The van der Waals surface area contributed by atoms with Gasteiger partial charge in [0.05, 0.1) is 10.8 Å². The normalized spacial score (nSPS) is 13.2. The molecule has 4 nitrogen and oxygen atoms in total. The van der Waals surface area contributed by atoms with Crippen molar-refractivity contribution in [3.8, 4) is 44.5 Å². The highest BCUT2D eigenvalue weighted by atomic mass is 16.3. The minimum atomic E-state index is -0.573. The number of nitrogens with zero attached hydrogens (tertiary/aromatic N) is 2. The van der Waals surface area contributed by atoms with Crippen LogP contribution in [0.2, 0.25) is 0 Å². The Labute approximate surface area is 579 Å². The molecule has 16 aromatic carbocycles. The molecule has 0 unspecified atom stereocenters. The minimum Gasteiger partial charge on any atom is -0.455 e. The van der Waals surface area contributed by atoms with Gasteiger partial charge in [0.15, 0.2) is 0 Å². The average Bonchev–Trinajstić information content (AvgIpc) is 1.54. The van der Waals surface area contributed by atoms with Crippen LogP contribution in [0.4, 0.5) is 34.1 Å². The Morgan fingerprint density at radius 1 is 0.200 bits per heavy atom. The zero-order valence-electron chi connectivity index (χ0n) is 54.5. The average molecular weight is 1280 g/mol. The third-order valence-corrected chi connectivity index (χ3v) is 21.4. The van der Waals surface area contributed by atoms with Gasteiger partial charge in [0.1, 0.15) is 22.3 Å². The first-order chi connectivity index (χ1) is 49.6. The Morgan fingerprint density at radius 2 is 0.490 bits per heavy atom. The zero-order valence-corrected chi connectivity index (χ0v) is 54.5. The fourth-order valence-electron chi connectivity index (χ4n) is 17.2. The van der Waals surface area contributed by atoms with Crippen LogP contribution in [0, 0.1) is 0 Å². The van der Waals surface area contributed by atoms with Gasteiger partial charge in [0, 0.05) is 78.6 Å². The van der Waals surface area contributed by atoms with Crippen LogP contribution in [0.15, 0.2) is 385 Å². The molecule has 0 radical (unpaired) electrons. The molecule has 0 spiro atoms. The molecule has 4 heteroatoms. The maximum atomic E-state index is 7.56. The largest absolute Gasteiger partial charge is 0.455 e. The summed E-state index contributed by atoms with van der Waals surface area (Å²) in [4.78, 5) is 4.75. The number of fused-ring (bicyclic) bond motifs is 15. The third-order valence-electron chi connectivity index (χ3n) is 21.4. The van der Waals surface area contributed by atoms with Crippen molar-refractivity contribution in [2.45, 2.75) is 10.8 Å². The maximum Gasteiger partial charge on any atom is 0.144 e. The molecular weight excluding hydrogens is 1210 g/mol. The molecule has 0 amide bonds. The lowest BCUT2D eigenvalue weighted by Crippen LogP contribution is -2.28. The van der Waals surface area contributed by atoms with Crippen molar-refractivity contribution < 1.29 is 8.83 Å². The number of para-hydroxylation sites is 2. The van der Waals surface area contributed by atoms with Crippen molar-refractivity contribution in [2.75, 3.05) is 9.80 Å². The molecule has 20 rings (SSSR count). The van der Waals surface area contributed by atoms with E-state index in [1.807, 2.05) is 0 Å². The van der Waals surface area contributed by atoms with Crippen LogP contribution in [0.25, 0.3) is 99.2 Å². The maximum absolute atomic E-state index is 7.56. The molecular formula is C96H62N2O2. The molecule has 0 saturated carbocycles. The van der Waals surface area contributed by atoms with E-state index in [9.17, 15) is 0 Å². The summed E-state index contributed by atoms with van der Waals surface area (Å²) in [5, 5.41) is 6.10. The highest BCUT2D eigenvalue weighted by Gasteiger charge is 2.48. The SMILES string of the molecule is c1ccc(-c2cc3c(cc(-c4ccccc4)c4c5ccc(N(c6ccccc6)c6cccc(C7(c8ccccc8)c8ccccc8-c8ccccc87)c6)cc5oc34)c3oc4cc(N(c5ccccc5)c5cccc(C6(c7ccccc7)c7ccccc7-c7ccccc76)c5)ccc4c23)cc1. The van der Waals surface area contributed by atoms with Gasteiger partial charge in [0.2, 0.25) is 0 Å². The van der Waals surface area contributed by atoms with E-state index in [1.165, 1.54) is 66.8 Å². The van der Waals surface area contributed by atoms with Crippen molar-refractivity contribution in [1.82, 2.24) is 0 Å². The summed E-state index contributed by atoms with van der Waals surface area (Å²) in [7, 11) is 0. The van der Waals surface area contributed by atoms with Gasteiger partial charge in [-0.1, -0.05) is 279 Å². The first kappa shape index (κ1) is 57.2. The number of rotatable bonds is 12. The van der Waals surface area contributed by atoms with E-state index in [1.54, 1.807) is 0 Å². The van der Waals surface area contributed by atoms with E-state index in [0.717, 1.165) is 111 Å². The van der Waals surface area contributed by atoms with Crippen molar-refractivity contribution in [1.29, 1.82) is 0 Å². The molecule has 468 valence electrons. The summed E-state index contributed by atoms with van der Waals surface area (Å²) in [6.07, 6.45) is 0. The van der Waals surface area contributed by atoms with Crippen LogP contribution < -0.4 is 9.80 Å². The third kappa shape index (κ3) is 8.54. The molecule has 2 heterocycles. The first-order valence-electron chi connectivity index (χ1n) is 34.5. The Balaban J connectivity index is 0.779. The van der Waals surface area contributed by atoms with Gasteiger partial charge in [-0.05, 0) is 174 Å². The minimum absolute atomic E-state index is 0.573. The fraction of sp³-hybridized carbons (Fsp3) is 0.0208. The highest BCUT2D eigenvalue weighted by molar-refractivity contribution is 6.29. The molecule has 0 atom stereocenters. The number of anilines is 6. The van der Waals surface area contributed by atoms with Gasteiger partial charge in [0.25, 0.3) is 0 Å². The molecule has 2 aromatic heterocycles. The summed E-state index contributed by atoms with van der Waals surface area (Å²) in [6.45, 7) is 0. The fourth-order valence-corrected chi connectivity index (χ4v) is 17.2. The molecule has 100 heavy (non-hydrogen) atoms. The summed E-state index contributed by atoms with van der Waals surface area (Å²) < 4.78 is 15.1. The van der Waals surface area contributed by atoms with Crippen molar-refractivity contribution in [3.63, 3.8) is 0 Å². The van der Waals surface area contributed by atoms with E-state index >= 15 is 0 Å². The monoisotopic (exact) mass is 1270 g/mol. The lowest BCUT2D eigenvalue weighted by molar-refractivity contribution is 0.669. The molecule has 0 N–H and O–H groups in total. The van der Waals surface area contributed by atoms with Crippen LogP contribution in [-0.4, -0.2) is 0 Å². The topological polar surface area (TPSA) is 32.8 Å². The number of hydrogen-bond acceptors (Lipinski definition) is 4. The summed E-state index contributed by atoms with van der Waals surface area (Å²) >= 11 is 0. The molecule has 2 aliphatic rings. The van der Waals surface area contributed by atoms with E-state index in [-0.39, 0.29) is 0 Å². The lowest BCUT2D eigenvalue weighted by Gasteiger charge is -2.35. The van der Waals surface area contributed by atoms with Gasteiger partial charge in [-0.15, -0.1) is 0 Å². The van der Waals surface area contributed by atoms with E-state index in [0.29, 0.717) is 0 Å². The molecule has 0 saturated heterocycles. The van der Waals surface area contributed by atoms with Gasteiger partial charge in [-0.3, -0.25) is 0 Å². The predicted molar refractivity (Wildman–Crippen MR) is 413 cm³/mol. The van der Waals surface area contributed by atoms with Crippen LogP contribution >= 0.6 is 0 Å². The number of furan rings is 2. The second kappa shape index (κ2) is 22.8.